The van der Waals surface area contributed by atoms with Crippen LogP contribution in [0.2, 0.25) is 5.02 Å². The molecule has 150 valence electrons. The molecule has 1 fully saturated rings. The number of halogens is 1. The molecular weight excluding hydrogens is 388 g/mol. The number of phenolic OH excluding ortho intramolecular Hbond substituents is 1. The van der Waals surface area contributed by atoms with Crippen molar-refractivity contribution in [2.24, 2.45) is 0 Å². The zero-order chi connectivity index (χ0) is 20.2. The number of aromatic hydroxyl groups is 1. The molecule has 0 radical (unpaired) electrons. The topological polar surface area (TPSA) is 59.3 Å². The van der Waals surface area contributed by atoms with Crippen LogP contribution < -0.4 is 15.4 Å². The lowest BCUT2D eigenvalue weighted by Gasteiger charge is -2.29. The van der Waals surface area contributed by atoms with Gasteiger partial charge in [0.15, 0.2) is 0 Å². The lowest BCUT2D eigenvalue weighted by atomic mass is 10.1. The Morgan fingerprint density at radius 3 is 2.52 bits per heavy atom. The fourth-order valence-corrected chi connectivity index (χ4v) is 4.08. The first kappa shape index (κ1) is 19.7. The Kier molecular flexibility index (Phi) is 6.00. The molecule has 0 aliphatic carbocycles. The zero-order valence-electron chi connectivity index (χ0n) is 16.2. The molecule has 1 aliphatic rings. The summed E-state index contributed by atoms with van der Waals surface area (Å²) in [5, 5.41) is 10.8. The molecule has 6 heteroatoms. The van der Waals surface area contributed by atoms with Gasteiger partial charge in [0.05, 0.1) is 11.6 Å². The molecule has 5 nitrogen and oxygen atoms in total. The van der Waals surface area contributed by atoms with Crippen molar-refractivity contribution in [1.29, 1.82) is 0 Å². The second-order valence-corrected chi connectivity index (χ2v) is 7.99. The SMILES string of the molecule is O=c1cc(C[NH+]2CC[NH+](C/C=C/c3ccccc3)CC2)c2cc(Cl)c(O)cc2o1. The highest BCUT2D eigenvalue weighted by molar-refractivity contribution is 6.32. The molecule has 0 amide bonds. The molecule has 0 unspecified atom stereocenters. The van der Waals surface area contributed by atoms with Gasteiger partial charge in [-0.2, -0.15) is 0 Å². The minimum absolute atomic E-state index is 0.0763. The third-order valence-electron chi connectivity index (χ3n) is 5.52. The molecule has 1 aromatic heterocycles. The fraction of sp³-hybridized carbons (Fsp3) is 0.261. The van der Waals surface area contributed by atoms with Crippen LogP contribution in [0.25, 0.3) is 17.0 Å². The third-order valence-corrected chi connectivity index (χ3v) is 5.82. The molecule has 1 aliphatic heterocycles. The van der Waals surface area contributed by atoms with Gasteiger partial charge in [-0.3, -0.25) is 0 Å². The van der Waals surface area contributed by atoms with Gasteiger partial charge < -0.3 is 19.3 Å². The number of phenols is 1. The van der Waals surface area contributed by atoms with E-state index in [0.717, 1.165) is 50.2 Å². The summed E-state index contributed by atoms with van der Waals surface area (Å²) in [6.07, 6.45) is 4.43. The number of fused-ring (bicyclic) bond motifs is 1. The maximum atomic E-state index is 11.9. The monoisotopic (exact) mass is 412 g/mol. The van der Waals surface area contributed by atoms with E-state index in [1.165, 1.54) is 16.5 Å². The summed E-state index contributed by atoms with van der Waals surface area (Å²) in [4.78, 5) is 14.9. The summed E-state index contributed by atoms with van der Waals surface area (Å²) >= 11 is 6.07. The van der Waals surface area contributed by atoms with Crippen molar-refractivity contribution in [2.45, 2.75) is 6.54 Å². The zero-order valence-corrected chi connectivity index (χ0v) is 16.9. The van der Waals surface area contributed by atoms with Crippen LogP contribution in [0.5, 0.6) is 5.75 Å². The van der Waals surface area contributed by atoms with E-state index >= 15 is 0 Å². The molecule has 2 aromatic carbocycles. The van der Waals surface area contributed by atoms with Crippen molar-refractivity contribution in [1.82, 2.24) is 0 Å². The van der Waals surface area contributed by atoms with Crippen LogP contribution in [0, 0.1) is 0 Å². The van der Waals surface area contributed by atoms with Gasteiger partial charge in [0.2, 0.25) is 0 Å². The lowest BCUT2D eigenvalue weighted by molar-refractivity contribution is -1.02. The van der Waals surface area contributed by atoms with Crippen LogP contribution >= 0.6 is 11.6 Å². The molecule has 3 N–H and O–H groups in total. The van der Waals surface area contributed by atoms with Crippen LogP contribution in [0.3, 0.4) is 0 Å². The number of nitrogens with one attached hydrogen (secondary N) is 2. The summed E-state index contributed by atoms with van der Waals surface area (Å²) < 4.78 is 5.23. The van der Waals surface area contributed by atoms with Crippen LogP contribution in [0.4, 0.5) is 0 Å². The van der Waals surface area contributed by atoms with Crippen LogP contribution in [-0.4, -0.2) is 37.8 Å². The molecule has 29 heavy (non-hydrogen) atoms. The van der Waals surface area contributed by atoms with Gasteiger partial charge in [-0.25, -0.2) is 4.79 Å². The van der Waals surface area contributed by atoms with Gasteiger partial charge in [-0.1, -0.05) is 48.0 Å². The summed E-state index contributed by atoms with van der Waals surface area (Å²) in [6, 6.07) is 15.0. The van der Waals surface area contributed by atoms with Gasteiger partial charge >= 0.3 is 5.63 Å². The van der Waals surface area contributed by atoms with Crippen molar-refractivity contribution < 1.29 is 19.3 Å². The van der Waals surface area contributed by atoms with E-state index in [1.54, 1.807) is 17.0 Å². The van der Waals surface area contributed by atoms with Crippen LogP contribution in [0.1, 0.15) is 11.1 Å². The third kappa shape index (κ3) is 4.88. The van der Waals surface area contributed by atoms with Crippen molar-refractivity contribution in [3.8, 4) is 5.75 Å². The highest BCUT2D eigenvalue weighted by Gasteiger charge is 2.23. The highest BCUT2D eigenvalue weighted by Crippen LogP contribution is 2.29. The van der Waals surface area contributed by atoms with Crippen LogP contribution in [-0.2, 0) is 6.54 Å². The summed E-state index contributed by atoms with van der Waals surface area (Å²) in [6.45, 7) is 6.04. The van der Waals surface area contributed by atoms with E-state index in [1.807, 2.05) is 6.07 Å². The maximum Gasteiger partial charge on any atom is 0.336 e. The standard InChI is InChI=1S/C23H23ClN2O3/c24-20-14-19-18(13-23(28)29-22(19)15-21(20)27)16-26-11-9-25(10-12-26)8-4-7-17-5-2-1-3-6-17/h1-7,13-15,27H,8-12,16H2/p+2/b7-4+. The molecule has 0 bridgehead atoms. The molecule has 0 atom stereocenters. The number of piperazine rings is 1. The van der Waals surface area contributed by atoms with Gasteiger partial charge in [-0.15, -0.1) is 0 Å². The largest absolute Gasteiger partial charge is 0.506 e. The first-order chi connectivity index (χ1) is 14.1. The summed E-state index contributed by atoms with van der Waals surface area (Å²) in [5.41, 5.74) is 2.13. The van der Waals surface area contributed by atoms with Crippen molar-refractivity contribution in [3.63, 3.8) is 0 Å². The summed E-state index contributed by atoms with van der Waals surface area (Å²) in [7, 11) is 0. The van der Waals surface area contributed by atoms with E-state index in [0.29, 0.717) is 5.58 Å². The Morgan fingerprint density at radius 2 is 1.76 bits per heavy atom. The van der Waals surface area contributed by atoms with Crippen molar-refractivity contribution >= 4 is 28.6 Å². The molecule has 2 heterocycles. The Bertz CT molecular complexity index is 1070. The minimum Gasteiger partial charge on any atom is -0.506 e. The van der Waals surface area contributed by atoms with E-state index in [2.05, 4.69) is 36.4 Å². The van der Waals surface area contributed by atoms with E-state index < -0.39 is 5.63 Å². The second-order valence-electron chi connectivity index (χ2n) is 7.58. The minimum atomic E-state index is -0.399. The predicted molar refractivity (Wildman–Crippen MR) is 115 cm³/mol. The Morgan fingerprint density at radius 1 is 1.03 bits per heavy atom. The van der Waals surface area contributed by atoms with Gasteiger partial charge in [0.1, 0.15) is 44.1 Å². The second kappa shape index (κ2) is 8.82. The van der Waals surface area contributed by atoms with Crippen molar-refractivity contribution in [2.75, 3.05) is 32.7 Å². The number of hydrogen-bond donors (Lipinski definition) is 3. The van der Waals surface area contributed by atoms with Gasteiger partial charge in [-0.05, 0) is 17.7 Å². The Balaban J connectivity index is 1.38. The number of hydrogen-bond acceptors (Lipinski definition) is 3. The summed E-state index contributed by atoms with van der Waals surface area (Å²) in [5.74, 6) is -0.0763. The Labute approximate surface area is 174 Å². The normalized spacial score (nSPS) is 19.8. The van der Waals surface area contributed by atoms with E-state index in [-0.39, 0.29) is 10.8 Å². The number of benzene rings is 2. The Hall–Kier alpha value is -2.60. The number of rotatable bonds is 5. The average molecular weight is 413 g/mol. The smallest absolute Gasteiger partial charge is 0.336 e. The predicted octanol–water partition coefficient (Wildman–Crippen LogP) is 1.15. The van der Waals surface area contributed by atoms with Gasteiger partial charge in [0, 0.05) is 23.1 Å². The molecule has 4 rings (SSSR count). The van der Waals surface area contributed by atoms with Crippen LogP contribution in [0.15, 0.2) is 63.8 Å². The number of quaternary nitrogens is 2. The molecule has 0 spiro atoms. The van der Waals surface area contributed by atoms with E-state index in [9.17, 15) is 9.90 Å². The average Bonchev–Trinajstić information content (AvgIpc) is 2.71. The molecular formula is C23H25ClN2O3+2. The quantitative estimate of drug-likeness (QED) is 0.551. The molecule has 3 aromatic rings. The first-order valence-corrected chi connectivity index (χ1v) is 10.3. The first-order valence-electron chi connectivity index (χ1n) is 9.92. The molecule has 1 saturated heterocycles. The van der Waals surface area contributed by atoms with Crippen molar-refractivity contribution in [3.05, 3.63) is 81.2 Å². The van der Waals surface area contributed by atoms with E-state index in [4.69, 9.17) is 16.0 Å². The highest BCUT2D eigenvalue weighted by atomic mass is 35.5. The molecule has 0 saturated carbocycles. The lowest BCUT2D eigenvalue weighted by Crippen LogP contribution is -3.27. The fourth-order valence-electron chi connectivity index (χ4n) is 3.92. The maximum absolute atomic E-state index is 11.9. The van der Waals surface area contributed by atoms with Gasteiger partial charge in [0.25, 0.3) is 0 Å².